The van der Waals surface area contributed by atoms with E-state index in [0.717, 1.165) is 0 Å². The Labute approximate surface area is 109 Å². The highest BCUT2D eigenvalue weighted by atomic mass is 16.5. The fourth-order valence-electron chi connectivity index (χ4n) is 1.97. The Morgan fingerprint density at radius 2 is 2.11 bits per heavy atom. The van der Waals surface area contributed by atoms with Gasteiger partial charge < -0.3 is 20.1 Å². The van der Waals surface area contributed by atoms with Crippen LogP contribution in [0.2, 0.25) is 0 Å². The second-order valence-corrected chi connectivity index (χ2v) is 4.11. The number of phenolic OH excluding ortho intramolecular Hbond substituents is 1. The van der Waals surface area contributed by atoms with Crippen LogP contribution in [-0.2, 0) is 4.74 Å². The number of hydrogen-bond donors (Lipinski definition) is 2. The summed E-state index contributed by atoms with van der Waals surface area (Å²) in [6.07, 6.45) is 0. The van der Waals surface area contributed by atoms with Crippen LogP contribution < -0.4 is 5.73 Å². The van der Waals surface area contributed by atoms with Crippen LogP contribution in [0, 0.1) is 13.8 Å². The van der Waals surface area contributed by atoms with Gasteiger partial charge in [0.05, 0.1) is 29.6 Å². The molecular formula is C13H14N2O4. The average molecular weight is 262 g/mol. The van der Waals surface area contributed by atoms with Gasteiger partial charge in [0.1, 0.15) is 11.5 Å². The predicted octanol–water partition coefficient (Wildman–Crippen LogP) is 2.03. The molecule has 0 amide bonds. The number of nitrogens with two attached hydrogens (primary N) is 1. The number of esters is 1. The Hall–Kier alpha value is -2.50. The summed E-state index contributed by atoms with van der Waals surface area (Å²) >= 11 is 0. The predicted molar refractivity (Wildman–Crippen MR) is 68.8 cm³/mol. The molecule has 0 spiro atoms. The first-order chi connectivity index (χ1) is 8.97. The van der Waals surface area contributed by atoms with E-state index in [4.69, 9.17) is 10.3 Å². The van der Waals surface area contributed by atoms with Crippen LogP contribution in [-0.4, -0.2) is 23.3 Å². The van der Waals surface area contributed by atoms with Crippen LogP contribution in [0.15, 0.2) is 16.7 Å². The molecule has 2 aromatic rings. The summed E-state index contributed by atoms with van der Waals surface area (Å²) < 4.78 is 9.64. The summed E-state index contributed by atoms with van der Waals surface area (Å²) in [5, 5.41) is 14.0. The molecule has 1 aromatic carbocycles. The maximum Gasteiger partial charge on any atom is 0.340 e. The van der Waals surface area contributed by atoms with Gasteiger partial charge in [-0.05, 0) is 26.0 Å². The molecular weight excluding hydrogens is 248 g/mol. The molecule has 0 aliphatic heterocycles. The smallest absolute Gasteiger partial charge is 0.340 e. The van der Waals surface area contributed by atoms with Crippen LogP contribution in [0.3, 0.4) is 0 Å². The van der Waals surface area contributed by atoms with Crippen molar-refractivity contribution in [3.05, 3.63) is 29.2 Å². The normalized spacial score (nSPS) is 10.5. The molecule has 6 nitrogen and oxygen atoms in total. The van der Waals surface area contributed by atoms with E-state index < -0.39 is 5.97 Å². The number of nitrogens with zero attached hydrogens (tertiary/aromatic N) is 1. The number of aryl methyl sites for hydroxylation is 2. The van der Waals surface area contributed by atoms with E-state index in [2.05, 4.69) is 9.89 Å². The Balaban J connectivity index is 2.63. The zero-order valence-corrected chi connectivity index (χ0v) is 10.9. The standard InChI is InChI=1S/C13H14N2O4/c1-6-10(7(2)19-15-6)8-4-5-9(13(17)18-3)11(14)12(8)16/h4-5,16H,14H2,1-3H3. The maximum absolute atomic E-state index is 11.5. The van der Waals surface area contributed by atoms with Gasteiger partial charge in [-0.25, -0.2) is 4.79 Å². The molecule has 0 fully saturated rings. The Bertz CT molecular complexity index is 627. The Morgan fingerprint density at radius 3 is 2.63 bits per heavy atom. The second-order valence-electron chi connectivity index (χ2n) is 4.11. The number of nitrogen functional groups attached to an aromatic ring is 1. The molecule has 0 atom stereocenters. The third-order valence-electron chi connectivity index (χ3n) is 2.93. The first-order valence-electron chi connectivity index (χ1n) is 5.60. The third kappa shape index (κ3) is 2.01. The van der Waals surface area contributed by atoms with E-state index in [0.29, 0.717) is 22.6 Å². The number of ether oxygens (including phenoxy) is 1. The van der Waals surface area contributed by atoms with E-state index in [-0.39, 0.29) is 17.0 Å². The molecule has 6 heteroatoms. The fourth-order valence-corrected chi connectivity index (χ4v) is 1.97. The van der Waals surface area contributed by atoms with Gasteiger partial charge in [0.15, 0.2) is 0 Å². The van der Waals surface area contributed by atoms with Crippen LogP contribution in [0.25, 0.3) is 11.1 Å². The molecule has 100 valence electrons. The lowest BCUT2D eigenvalue weighted by Crippen LogP contribution is -2.06. The molecule has 0 bridgehead atoms. The molecule has 1 aromatic heterocycles. The van der Waals surface area contributed by atoms with Crippen molar-refractivity contribution < 1.29 is 19.2 Å². The topological polar surface area (TPSA) is 98.6 Å². The van der Waals surface area contributed by atoms with E-state index >= 15 is 0 Å². The third-order valence-corrected chi connectivity index (χ3v) is 2.93. The van der Waals surface area contributed by atoms with Crippen molar-refractivity contribution >= 4 is 11.7 Å². The molecule has 0 saturated heterocycles. The monoisotopic (exact) mass is 262 g/mol. The number of rotatable bonds is 2. The molecule has 3 N–H and O–H groups in total. The van der Waals surface area contributed by atoms with Gasteiger partial charge in [-0.1, -0.05) is 5.16 Å². The number of carbonyl (C=O) groups excluding carboxylic acids is 1. The van der Waals surface area contributed by atoms with Gasteiger partial charge in [-0.2, -0.15) is 0 Å². The number of aromatic nitrogens is 1. The lowest BCUT2D eigenvalue weighted by molar-refractivity contribution is 0.0601. The summed E-state index contributed by atoms with van der Waals surface area (Å²) in [5.74, 6) is -0.214. The van der Waals surface area contributed by atoms with Crippen molar-refractivity contribution in [3.63, 3.8) is 0 Å². The highest BCUT2D eigenvalue weighted by Gasteiger charge is 2.20. The summed E-state index contributed by atoms with van der Waals surface area (Å²) in [6.45, 7) is 3.49. The molecule has 1 heterocycles. The molecule has 0 aliphatic carbocycles. The summed E-state index contributed by atoms with van der Waals surface area (Å²) in [4.78, 5) is 11.5. The van der Waals surface area contributed by atoms with Crippen molar-refractivity contribution in [1.29, 1.82) is 0 Å². The number of methoxy groups -OCH3 is 1. The number of phenols is 1. The van der Waals surface area contributed by atoms with Crippen LogP contribution in [0.5, 0.6) is 5.75 Å². The summed E-state index contributed by atoms with van der Waals surface area (Å²) in [5.41, 5.74) is 7.64. The second kappa shape index (κ2) is 4.64. The first-order valence-corrected chi connectivity index (χ1v) is 5.60. The highest BCUT2D eigenvalue weighted by molar-refractivity contribution is 5.98. The number of hydrogen-bond acceptors (Lipinski definition) is 6. The van der Waals surface area contributed by atoms with Gasteiger partial charge in [0, 0.05) is 5.56 Å². The minimum Gasteiger partial charge on any atom is -0.505 e. The van der Waals surface area contributed by atoms with Crippen molar-refractivity contribution in [1.82, 2.24) is 5.16 Å². The number of aromatic hydroxyl groups is 1. The Morgan fingerprint density at radius 1 is 1.42 bits per heavy atom. The lowest BCUT2D eigenvalue weighted by Gasteiger charge is -2.10. The van der Waals surface area contributed by atoms with E-state index in [1.165, 1.54) is 13.2 Å². The zero-order valence-electron chi connectivity index (χ0n) is 10.9. The van der Waals surface area contributed by atoms with Crippen LogP contribution in [0.4, 0.5) is 5.69 Å². The number of anilines is 1. The summed E-state index contributed by atoms with van der Waals surface area (Å²) in [7, 11) is 1.25. The molecule has 0 radical (unpaired) electrons. The van der Waals surface area contributed by atoms with Gasteiger partial charge in [0.25, 0.3) is 0 Å². The van der Waals surface area contributed by atoms with Crippen LogP contribution >= 0.6 is 0 Å². The molecule has 2 rings (SSSR count). The largest absolute Gasteiger partial charge is 0.505 e. The van der Waals surface area contributed by atoms with E-state index in [9.17, 15) is 9.90 Å². The average Bonchev–Trinajstić information content (AvgIpc) is 2.72. The van der Waals surface area contributed by atoms with Gasteiger partial charge in [-0.15, -0.1) is 0 Å². The molecule has 0 unspecified atom stereocenters. The maximum atomic E-state index is 11.5. The minimum absolute atomic E-state index is 0.0237. The van der Waals surface area contributed by atoms with Crippen molar-refractivity contribution in [2.24, 2.45) is 0 Å². The first kappa shape index (κ1) is 12.9. The van der Waals surface area contributed by atoms with E-state index in [1.54, 1.807) is 19.9 Å². The zero-order chi connectivity index (χ0) is 14.2. The lowest BCUT2D eigenvalue weighted by atomic mass is 9.99. The molecule has 0 aliphatic rings. The molecule has 19 heavy (non-hydrogen) atoms. The highest BCUT2D eigenvalue weighted by Crippen LogP contribution is 2.39. The van der Waals surface area contributed by atoms with Crippen molar-refractivity contribution in [3.8, 4) is 16.9 Å². The van der Waals surface area contributed by atoms with Crippen molar-refractivity contribution in [2.45, 2.75) is 13.8 Å². The molecule has 0 saturated carbocycles. The van der Waals surface area contributed by atoms with Gasteiger partial charge in [0.2, 0.25) is 0 Å². The quantitative estimate of drug-likeness (QED) is 0.488. The Kier molecular flexibility index (Phi) is 3.16. The number of carbonyl (C=O) groups is 1. The van der Waals surface area contributed by atoms with Gasteiger partial charge >= 0.3 is 5.97 Å². The van der Waals surface area contributed by atoms with E-state index in [1.807, 2.05) is 0 Å². The summed E-state index contributed by atoms with van der Waals surface area (Å²) in [6, 6.07) is 3.09. The number of benzene rings is 1. The SMILES string of the molecule is COC(=O)c1ccc(-c2c(C)noc2C)c(O)c1N. The minimum atomic E-state index is -0.599. The fraction of sp³-hybridized carbons (Fsp3) is 0.231. The van der Waals surface area contributed by atoms with Crippen LogP contribution in [0.1, 0.15) is 21.8 Å². The van der Waals surface area contributed by atoms with Gasteiger partial charge in [-0.3, -0.25) is 0 Å². The van der Waals surface area contributed by atoms with Crippen molar-refractivity contribution in [2.75, 3.05) is 12.8 Å².